The van der Waals surface area contributed by atoms with Gasteiger partial charge in [0.15, 0.2) is 0 Å². The summed E-state index contributed by atoms with van der Waals surface area (Å²) >= 11 is 0. The van der Waals surface area contributed by atoms with Gasteiger partial charge >= 0.3 is 18.7 Å². The van der Waals surface area contributed by atoms with Gasteiger partial charge in [0, 0.05) is 37.9 Å². The summed E-state index contributed by atoms with van der Waals surface area (Å²) in [5.41, 5.74) is 1.19. The molecule has 0 aliphatic carbocycles. The number of carbonyl (C=O) groups is 1. The summed E-state index contributed by atoms with van der Waals surface area (Å²) in [6.07, 6.45) is -4.95. The van der Waals surface area contributed by atoms with E-state index in [4.69, 9.17) is 0 Å². The third kappa shape index (κ3) is 6.03. The van der Waals surface area contributed by atoms with E-state index in [1.807, 2.05) is 0 Å². The van der Waals surface area contributed by atoms with E-state index in [-0.39, 0.29) is 42.5 Å². The summed E-state index contributed by atoms with van der Waals surface area (Å²) in [5.74, 6) is -2.13. The lowest BCUT2D eigenvalue weighted by molar-refractivity contribution is -0.185. The number of anilines is 2. The van der Waals surface area contributed by atoms with Gasteiger partial charge in [0.05, 0.1) is 10.6 Å². The Bertz CT molecular complexity index is 1120. The van der Waals surface area contributed by atoms with Crippen LogP contribution in [-0.2, 0) is 14.8 Å². The number of piperazine rings is 1. The Morgan fingerprint density at radius 1 is 1.06 bits per heavy atom. The average molecular weight is 493 g/mol. The molecular formula is C20H20F5N3O4S. The maximum Gasteiger partial charge on any atom is 0.471 e. The van der Waals surface area contributed by atoms with E-state index >= 15 is 0 Å². The number of nitrogens with zero attached hydrogens (tertiary/aromatic N) is 2. The summed E-state index contributed by atoms with van der Waals surface area (Å²) in [4.78, 5) is 13.7. The van der Waals surface area contributed by atoms with Crippen molar-refractivity contribution < 1.29 is 39.9 Å². The Balaban J connectivity index is 1.77. The van der Waals surface area contributed by atoms with Gasteiger partial charge in [-0.2, -0.15) is 22.0 Å². The molecule has 180 valence electrons. The molecule has 0 atom stereocenters. The molecule has 1 N–H and O–H groups in total. The van der Waals surface area contributed by atoms with Crippen molar-refractivity contribution in [1.82, 2.24) is 4.90 Å². The Morgan fingerprint density at radius 2 is 1.73 bits per heavy atom. The molecule has 0 spiro atoms. The average Bonchev–Trinajstić information content (AvgIpc) is 2.72. The number of sulfonamides is 1. The van der Waals surface area contributed by atoms with Crippen LogP contribution in [0.3, 0.4) is 0 Å². The zero-order valence-corrected chi connectivity index (χ0v) is 18.1. The molecule has 1 saturated heterocycles. The van der Waals surface area contributed by atoms with Crippen LogP contribution in [0.5, 0.6) is 5.75 Å². The van der Waals surface area contributed by atoms with Crippen molar-refractivity contribution in [3.05, 3.63) is 48.0 Å². The van der Waals surface area contributed by atoms with Gasteiger partial charge in [-0.1, -0.05) is 12.1 Å². The van der Waals surface area contributed by atoms with Gasteiger partial charge in [0.2, 0.25) is 0 Å². The highest BCUT2D eigenvalue weighted by atomic mass is 32.2. The van der Waals surface area contributed by atoms with Gasteiger partial charge in [0.1, 0.15) is 5.75 Å². The van der Waals surface area contributed by atoms with Crippen LogP contribution in [0.4, 0.5) is 33.3 Å². The Hall–Kier alpha value is -3.09. The van der Waals surface area contributed by atoms with Gasteiger partial charge in [-0.05, 0) is 36.8 Å². The number of halogens is 5. The maximum atomic E-state index is 12.8. The van der Waals surface area contributed by atoms with E-state index in [0.717, 1.165) is 6.07 Å². The molecule has 33 heavy (non-hydrogen) atoms. The molecule has 1 amide bonds. The molecule has 0 bridgehead atoms. The fourth-order valence-corrected chi connectivity index (χ4v) is 4.45. The summed E-state index contributed by atoms with van der Waals surface area (Å²) in [7, 11) is -4.11. The number of carbonyl (C=O) groups excluding carboxylic acids is 1. The maximum absolute atomic E-state index is 12.8. The second-order valence-corrected chi connectivity index (χ2v) is 8.92. The fourth-order valence-electron chi connectivity index (χ4n) is 3.38. The first kappa shape index (κ1) is 24.6. The van der Waals surface area contributed by atoms with Crippen LogP contribution in [0.2, 0.25) is 0 Å². The van der Waals surface area contributed by atoms with Gasteiger partial charge < -0.3 is 14.5 Å². The van der Waals surface area contributed by atoms with Crippen LogP contribution in [0.25, 0.3) is 0 Å². The normalized spacial score (nSPS) is 15.0. The van der Waals surface area contributed by atoms with Crippen LogP contribution in [0.15, 0.2) is 47.4 Å². The molecule has 3 rings (SSSR count). The zero-order chi connectivity index (χ0) is 24.4. The molecule has 2 aromatic carbocycles. The minimum Gasteiger partial charge on any atom is -0.435 e. The summed E-state index contributed by atoms with van der Waals surface area (Å²) in [6.45, 7) is -1.49. The van der Waals surface area contributed by atoms with Crippen molar-refractivity contribution in [2.75, 3.05) is 35.8 Å². The smallest absolute Gasteiger partial charge is 0.435 e. The molecule has 1 aliphatic heterocycles. The number of ether oxygens (including phenoxy) is 1. The Morgan fingerprint density at radius 3 is 2.33 bits per heavy atom. The Kier molecular flexibility index (Phi) is 7.00. The predicted octanol–water partition coefficient (Wildman–Crippen LogP) is 3.61. The number of hydrogen-bond donors (Lipinski definition) is 1. The zero-order valence-electron chi connectivity index (χ0n) is 17.3. The van der Waals surface area contributed by atoms with Crippen molar-refractivity contribution in [2.45, 2.75) is 24.6 Å². The largest absolute Gasteiger partial charge is 0.471 e. The van der Waals surface area contributed by atoms with E-state index in [2.05, 4.69) is 9.46 Å². The SMILES string of the molecule is Cc1ccc(S(=O)(=O)Nc2cccc(OC(F)F)c2)cc1N1CCN(C(=O)C(F)(F)F)CC1. The highest BCUT2D eigenvalue weighted by Crippen LogP contribution is 2.28. The van der Waals surface area contributed by atoms with Crippen LogP contribution >= 0.6 is 0 Å². The third-order valence-corrected chi connectivity index (χ3v) is 6.33. The second kappa shape index (κ2) is 9.41. The first-order chi connectivity index (χ1) is 15.4. The standard InChI is InChI=1S/C20H20F5N3O4S/c1-13-5-6-16(33(30,31)26-14-3-2-4-15(11-14)32-19(21)22)12-17(13)27-7-9-28(10-8-27)18(29)20(23,24)25/h2-6,11-12,19,26H,7-10H2,1H3. The van der Waals surface area contributed by atoms with Crippen molar-refractivity contribution in [1.29, 1.82) is 0 Å². The molecule has 1 fully saturated rings. The molecule has 7 nitrogen and oxygen atoms in total. The van der Waals surface area contributed by atoms with Crippen molar-refractivity contribution in [3.8, 4) is 5.75 Å². The predicted molar refractivity (Wildman–Crippen MR) is 110 cm³/mol. The van der Waals surface area contributed by atoms with Crippen LogP contribution < -0.4 is 14.4 Å². The number of benzene rings is 2. The van der Waals surface area contributed by atoms with E-state index < -0.39 is 28.7 Å². The summed E-state index contributed by atoms with van der Waals surface area (Å²) < 4.78 is 95.0. The molecular weight excluding hydrogens is 473 g/mol. The van der Waals surface area contributed by atoms with Crippen molar-refractivity contribution >= 4 is 27.3 Å². The van der Waals surface area contributed by atoms with E-state index in [9.17, 15) is 35.2 Å². The fraction of sp³-hybridized carbons (Fsp3) is 0.350. The monoisotopic (exact) mass is 493 g/mol. The van der Waals surface area contributed by atoms with Gasteiger partial charge in [-0.15, -0.1) is 0 Å². The molecule has 0 unspecified atom stereocenters. The third-order valence-electron chi connectivity index (χ3n) is 4.95. The quantitative estimate of drug-likeness (QED) is 0.623. The summed E-state index contributed by atoms with van der Waals surface area (Å²) in [6, 6.07) is 9.34. The van der Waals surface area contributed by atoms with Gasteiger partial charge in [-0.25, -0.2) is 8.42 Å². The number of hydrogen-bond acceptors (Lipinski definition) is 5. The Labute approximate surface area is 186 Å². The lowest BCUT2D eigenvalue weighted by Gasteiger charge is -2.37. The second-order valence-electron chi connectivity index (χ2n) is 7.24. The molecule has 1 heterocycles. The van der Waals surface area contributed by atoms with E-state index in [1.54, 1.807) is 17.9 Å². The minimum absolute atomic E-state index is 0.00884. The molecule has 0 saturated carbocycles. The first-order valence-electron chi connectivity index (χ1n) is 9.66. The number of nitrogens with one attached hydrogen (secondary N) is 1. The minimum atomic E-state index is -4.95. The first-order valence-corrected chi connectivity index (χ1v) is 11.1. The van der Waals surface area contributed by atoms with Gasteiger partial charge in [-0.3, -0.25) is 9.52 Å². The number of alkyl halides is 5. The lowest BCUT2D eigenvalue weighted by atomic mass is 10.1. The molecule has 2 aromatic rings. The van der Waals surface area contributed by atoms with Crippen molar-refractivity contribution in [2.24, 2.45) is 0 Å². The molecule has 0 radical (unpaired) electrons. The highest BCUT2D eigenvalue weighted by molar-refractivity contribution is 7.92. The van der Waals surface area contributed by atoms with Crippen LogP contribution in [0, 0.1) is 6.92 Å². The number of aryl methyl sites for hydroxylation is 1. The summed E-state index contributed by atoms with van der Waals surface area (Å²) in [5, 5.41) is 0. The highest BCUT2D eigenvalue weighted by Gasteiger charge is 2.43. The van der Waals surface area contributed by atoms with Crippen molar-refractivity contribution in [3.63, 3.8) is 0 Å². The van der Waals surface area contributed by atoms with Gasteiger partial charge in [0.25, 0.3) is 10.0 Å². The van der Waals surface area contributed by atoms with E-state index in [1.165, 1.54) is 30.3 Å². The lowest BCUT2D eigenvalue weighted by Crippen LogP contribution is -2.52. The number of rotatable bonds is 6. The molecule has 0 aromatic heterocycles. The number of amides is 1. The van der Waals surface area contributed by atoms with E-state index in [0.29, 0.717) is 16.2 Å². The molecule has 13 heteroatoms. The van der Waals surface area contributed by atoms with Crippen LogP contribution in [0.1, 0.15) is 5.56 Å². The molecule has 1 aliphatic rings. The topological polar surface area (TPSA) is 79.0 Å². The van der Waals surface area contributed by atoms with Crippen LogP contribution in [-0.4, -0.2) is 58.2 Å².